The van der Waals surface area contributed by atoms with Gasteiger partial charge in [-0.15, -0.1) is 0 Å². The molecule has 0 bridgehead atoms. The molecule has 1 fully saturated rings. The lowest BCUT2D eigenvalue weighted by Gasteiger charge is -2.33. The van der Waals surface area contributed by atoms with Crippen molar-refractivity contribution in [1.82, 2.24) is 19.9 Å². The van der Waals surface area contributed by atoms with Crippen LogP contribution in [0.5, 0.6) is 0 Å². The van der Waals surface area contributed by atoms with Crippen LogP contribution in [0.25, 0.3) is 11.0 Å². The van der Waals surface area contributed by atoms with Gasteiger partial charge in [0.1, 0.15) is 17.6 Å². The van der Waals surface area contributed by atoms with Crippen molar-refractivity contribution in [3.05, 3.63) is 23.8 Å². The van der Waals surface area contributed by atoms with Gasteiger partial charge in [-0.3, -0.25) is 0 Å². The third-order valence-electron chi connectivity index (χ3n) is 4.52. The van der Waals surface area contributed by atoms with Gasteiger partial charge in [-0.1, -0.05) is 0 Å². The van der Waals surface area contributed by atoms with Crippen LogP contribution in [0, 0.1) is 12.8 Å². The molecule has 0 spiro atoms. The summed E-state index contributed by atoms with van der Waals surface area (Å²) in [6, 6.07) is 0. The number of hydrogen-bond acceptors (Lipinski definition) is 4. The highest BCUT2D eigenvalue weighted by Crippen LogP contribution is 2.27. The maximum Gasteiger partial charge on any atom is 0.410 e. The molecule has 6 nitrogen and oxygen atoms in total. The van der Waals surface area contributed by atoms with E-state index in [4.69, 9.17) is 4.74 Å². The van der Waals surface area contributed by atoms with Crippen molar-refractivity contribution in [3.8, 4) is 0 Å². The average Bonchev–Trinajstić information content (AvgIpc) is 2.91. The van der Waals surface area contributed by atoms with Crippen molar-refractivity contribution in [2.24, 2.45) is 5.92 Å². The highest BCUT2D eigenvalue weighted by molar-refractivity contribution is 5.81. The Bertz CT molecular complexity index is 724. The van der Waals surface area contributed by atoms with Crippen molar-refractivity contribution in [2.75, 3.05) is 13.1 Å². The summed E-state index contributed by atoms with van der Waals surface area (Å²) in [7, 11) is 0. The molecule has 0 unspecified atom stereocenters. The van der Waals surface area contributed by atoms with Gasteiger partial charge in [0.2, 0.25) is 0 Å². The van der Waals surface area contributed by atoms with E-state index in [-0.39, 0.29) is 6.09 Å². The lowest BCUT2D eigenvalue weighted by molar-refractivity contribution is 0.0184. The fourth-order valence-corrected chi connectivity index (χ4v) is 3.31. The molecule has 3 rings (SSSR count). The van der Waals surface area contributed by atoms with Crippen LogP contribution in [0.1, 0.15) is 44.9 Å². The second-order valence-electron chi connectivity index (χ2n) is 7.61. The molecule has 0 aromatic carbocycles. The van der Waals surface area contributed by atoms with Crippen molar-refractivity contribution in [1.29, 1.82) is 0 Å². The Kier molecular flexibility index (Phi) is 4.47. The van der Waals surface area contributed by atoms with Crippen LogP contribution in [-0.4, -0.2) is 44.6 Å². The fraction of sp³-hybridized carbons (Fsp3) is 0.611. The molecule has 3 heterocycles. The number of piperidine rings is 1. The molecule has 2 aromatic heterocycles. The third kappa shape index (κ3) is 3.68. The van der Waals surface area contributed by atoms with Gasteiger partial charge in [-0.25, -0.2) is 14.8 Å². The highest BCUT2D eigenvalue weighted by atomic mass is 16.6. The van der Waals surface area contributed by atoms with Crippen LogP contribution in [0.3, 0.4) is 0 Å². The van der Waals surface area contributed by atoms with Crippen LogP contribution in [-0.2, 0) is 11.2 Å². The van der Waals surface area contributed by atoms with Gasteiger partial charge in [0, 0.05) is 24.7 Å². The molecule has 0 aliphatic carbocycles. The molecule has 0 saturated carbocycles. The minimum atomic E-state index is -0.435. The van der Waals surface area contributed by atoms with Gasteiger partial charge in [-0.2, -0.15) is 0 Å². The van der Waals surface area contributed by atoms with E-state index >= 15 is 0 Å². The molecule has 1 saturated heterocycles. The van der Waals surface area contributed by atoms with Crippen LogP contribution in [0.15, 0.2) is 12.5 Å². The van der Waals surface area contributed by atoms with E-state index in [0.29, 0.717) is 5.92 Å². The third-order valence-corrected chi connectivity index (χ3v) is 4.52. The van der Waals surface area contributed by atoms with E-state index in [0.717, 1.165) is 49.1 Å². The number of likely N-dealkylation sites (tertiary alicyclic amines) is 1. The smallest absolute Gasteiger partial charge is 0.410 e. The topological polar surface area (TPSA) is 71.1 Å². The number of nitrogens with zero attached hydrogens (tertiary/aromatic N) is 3. The second-order valence-corrected chi connectivity index (χ2v) is 7.61. The maximum atomic E-state index is 12.1. The second kappa shape index (κ2) is 6.42. The zero-order valence-corrected chi connectivity index (χ0v) is 14.9. The van der Waals surface area contributed by atoms with Crippen LogP contribution < -0.4 is 0 Å². The molecule has 0 radical (unpaired) electrons. The Labute approximate surface area is 142 Å². The van der Waals surface area contributed by atoms with Crippen molar-refractivity contribution >= 4 is 17.1 Å². The molecule has 2 aromatic rings. The molecule has 130 valence electrons. The number of aromatic amines is 1. The highest BCUT2D eigenvalue weighted by Gasteiger charge is 2.27. The summed E-state index contributed by atoms with van der Waals surface area (Å²) in [6.07, 6.45) is 6.44. The lowest BCUT2D eigenvalue weighted by atomic mass is 9.90. The Morgan fingerprint density at radius 3 is 2.71 bits per heavy atom. The first-order valence-electron chi connectivity index (χ1n) is 8.59. The number of fused-ring (bicyclic) bond motifs is 1. The number of amides is 1. The summed E-state index contributed by atoms with van der Waals surface area (Å²) >= 11 is 0. The summed E-state index contributed by atoms with van der Waals surface area (Å²) < 4.78 is 5.46. The molecular weight excluding hydrogens is 304 g/mol. The lowest BCUT2D eigenvalue weighted by Crippen LogP contribution is -2.42. The van der Waals surface area contributed by atoms with E-state index in [1.807, 2.05) is 38.8 Å². The molecular formula is C18H26N4O2. The normalized spacial score (nSPS) is 16.6. The molecule has 1 aliphatic rings. The number of nitrogens with one attached hydrogen (secondary N) is 1. The minimum Gasteiger partial charge on any atom is -0.444 e. The molecule has 24 heavy (non-hydrogen) atoms. The van der Waals surface area contributed by atoms with Crippen LogP contribution in [0.4, 0.5) is 4.79 Å². The number of carbonyl (C=O) groups excluding carboxylic acids is 1. The van der Waals surface area contributed by atoms with Crippen LogP contribution in [0.2, 0.25) is 0 Å². The minimum absolute atomic E-state index is 0.197. The monoisotopic (exact) mass is 330 g/mol. The molecule has 0 atom stereocenters. The zero-order valence-electron chi connectivity index (χ0n) is 14.9. The van der Waals surface area contributed by atoms with E-state index in [2.05, 4.69) is 15.0 Å². The fourth-order valence-electron chi connectivity index (χ4n) is 3.31. The first-order valence-corrected chi connectivity index (χ1v) is 8.59. The van der Waals surface area contributed by atoms with Gasteiger partial charge in [0.05, 0.1) is 5.69 Å². The van der Waals surface area contributed by atoms with E-state index in [1.165, 1.54) is 5.56 Å². The summed E-state index contributed by atoms with van der Waals surface area (Å²) in [5.74, 6) is 0.572. The standard InChI is InChI=1S/C18H26N4O2/c1-12-15-14(10-19-16(15)21-11-20-12)9-13-5-7-22(8-6-13)17(23)24-18(2,3)4/h10-11,13H,5-9H2,1-4H3,(H,19,20,21). The van der Waals surface area contributed by atoms with Crippen molar-refractivity contribution in [3.63, 3.8) is 0 Å². The van der Waals surface area contributed by atoms with Gasteiger partial charge in [0.25, 0.3) is 0 Å². The summed E-state index contributed by atoms with van der Waals surface area (Å²) in [4.78, 5) is 25.8. The molecule has 1 amide bonds. The molecule has 6 heteroatoms. The van der Waals surface area contributed by atoms with E-state index < -0.39 is 5.60 Å². The zero-order chi connectivity index (χ0) is 17.3. The number of aromatic nitrogens is 3. The van der Waals surface area contributed by atoms with E-state index in [9.17, 15) is 4.79 Å². The first-order chi connectivity index (χ1) is 11.3. The predicted molar refractivity (Wildman–Crippen MR) is 92.9 cm³/mol. The summed E-state index contributed by atoms with van der Waals surface area (Å²) in [5, 5.41) is 1.15. The Morgan fingerprint density at radius 2 is 2.04 bits per heavy atom. The number of H-pyrrole nitrogens is 1. The summed E-state index contributed by atoms with van der Waals surface area (Å²) in [6.45, 7) is 9.25. The molecule has 1 N–H and O–H groups in total. The van der Waals surface area contributed by atoms with Gasteiger partial charge in [0.15, 0.2) is 0 Å². The number of ether oxygens (including phenoxy) is 1. The maximum absolute atomic E-state index is 12.1. The van der Waals surface area contributed by atoms with Gasteiger partial charge >= 0.3 is 6.09 Å². The SMILES string of the molecule is Cc1ncnc2[nH]cc(CC3CCN(C(=O)OC(C)(C)C)CC3)c12. The van der Waals surface area contributed by atoms with Crippen molar-refractivity contribution < 1.29 is 9.53 Å². The van der Waals surface area contributed by atoms with Crippen molar-refractivity contribution in [2.45, 2.75) is 52.6 Å². The van der Waals surface area contributed by atoms with E-state index in [1.54, 1.807) is 6.33 Å². The molecule has 1 aliphatic heterocycles. The van der Waals surface area contributed by atoms with Crippen LogP contribution >= 0.6 is 0 Å². The number of hydrogen-bond donors (Lipinski definition) is 1. The van der Waals surface area contributed by atoms with Gasteiger partial charge < -0.3 is 14.6 Å². The number of carbonyl (C=O) groups is 1. The first kappa shape index (κ1) is 16.7. The van der Waals surface area contributed by atoms with Gasteiger partial charge in [-0.05, 0) is 58.4 Å². The number of rotatable bonds is 2. The predicted octanol–water partition coefficient (Wildman–Crippen LogP) is 3.46. The Morgan fingerprint density at radius 1 is 1.33 bits per heavy atom. The average molecular weight is 330 g/mol. The summed E-state index contributed by atoms with van der Waals surface area (Å²) in [5.41, 5.74) is 2.76. The Balaban J connectivity index is 1.60. The largest absolute Gasteiger partial charge is 0.444 e. The quantitative estimate of drug-likeness (QED) is 0.915. The Hall–Kier alpha value is -2.11. The number of aryl methyl sites for hydroxylation is 1.